The average Bonchev–Trinajstić information content (AvgIpc) is 3.12. The van der Waals surface area contributed by atoms with E-state index in [2.05, 4.69) is 10.6 Å². The highest BCUT2D eigenvalue weighted by Gasteiger charge is 2.61. The Bertz CT molecular complexity index is 1380. The fourth-order valence-electron chi connectivity index (χ4n) is 5.52. The minimum absolute atomic E-state index is 0.0192. The minimum Gasteiger partial charge on any atom is -0.491 e. The second-order valence-corrected chi connectivity index (χ2v) is 9.90. The number of benzene rings is 3. The van der Waals surface area contributed by atoms with Crippen molar-refractivity contribution < 1.29 is 23.8 Å². The number of hydrogen-bond acceptors (Lipinski definition) is 4. The summed E-state index contributed by atoms with van der Waals surface area (Å²) in [4.78, 5) is 27.3. The van der Waals surface area contributed by atoms with E-state index >= 15 is 0 Å². The van der Waals surface area contributed by atoms with Gasteiger partial charge in [-0.2, -0.15) is 0 Å². The summed E-state index contributed by atoms with van der Waals surface area (Å²) in [6, 6.07) is 13.5. The average molecular weight is 529 g/mol. The number of hydrogen-bond donors (Lipinski definition) is 3. The van der Waals surface area contributed by atoms with Gasteiger partial charge < -0.3 is 20.5 Å². The number of fused-ring (bicyclic) bond motifs is 2. The third-order valence-corrected chi connectivity index (χ3v) is 7.47. The summed E-state index contributed by atoms with van der Waals surface area (Å²) >= 11 is 12.6. The molecule has 5 rings (SSSR count). The highest BCUT2D eigenvalue weighted by molar-refractivity contribution is 6.31. The van der Waals surface area contributed by atoms with Crippen molar-refractivity contribution in [3.8, 4) is 5.75 Å². The molecule has 3 unspecified atom stereocenters. The number of halogens is 3. The van der Waals surface area contributed by atoms with Crippen molar-refractivity contribution in [1.82, 2.24) is 5.32 Å². The molecule has 3 aromatic rings. The molecule has 2 aliphatic heterocycles. The van der Waals surface area contributed by atoms with Crippen LogP contribution in [0.4, 0.5) is 10.1 Å². The topological polar surface area (TPSA) is 87.7 Å². The molecule has 1 saturated heterocycles. The number of anilines is 1. The third kappa shape index (κ3) is 3.92. The minimum atomic E-state index is -1.37. The summed E-state index contributed by atoms with van der Waals surface area (Å²) in [5, 5.41) is 16.1. The van der Waals surface area contributed by atoms with E-state index in [9.17, 15) is 19.1 Å². The van der Waals surface area contributed by atoms with Crippen LogP contribution in [0.15, 0.2) is 54.6 Å². The predicted molar refractivity (Wildman–Crippen MR) is 135 cm³/mol. The van der Waals surface area contributed by atoms with Crippen molar-refractivity contribution in [2.24, 2.45) is 0 Å². The number of aliphatic hydroxyl groups excluding tert-OH is 1. The van der Waals surface area contributed by atoms with Gasteiger partial charge in [0, 0.05) is 33.6 Å². The van der Waals surface area contributed by atoms with Crippen molar-refractivity contribution >= 4 is 40.7 Å². The van der Waals surface area contributed by atoms with E-state index in [0.717, 1.165) is 5.56 Å². The molecule has 186 valence electrons. The lowest BCUT2D eigenvalue weighted by molar-refractivity contribution is -0.131. The lowest BCUT2D eigenvalue weighted by Crippen LogP contribution is -2.57. The Morgan fingerprint density at radius 1 is 1.06 bits per heavy atom. The smallest absolute Gasteiger partial charge is 0.238 e. The van der Waals surface area contributed by atoms with Crippen molar-refractivity contribution in [2.75, 3.05) is 18.5 Å². The normalized spacial score (nSPS) is 22.8. The molecule has 6 nitrogen and oxygen atoms in total. The van der Waals surface area contributed by atoms with E-state index in [-0.39, 0.29) is 31.4 Å². The number of aliphatic hydroxyl groups is 1. The highest BCUT2D eigenvalue weighted by Crippen LogP contribution is 2.59. The van der Waals surface area contributed by atoms with Gasteiger partial charge in [0.05, 0.1) is 12.6 Å². The molecule has 2 amide bonds. The first-order valence-corrected chi connectivity index (χ1v) is 12.2. The predicted octanol–water partition coefficient (Wildman–Crippen LogP) is 5.05. The second kappa shape index (κ2) is 9.39. The molecule has 3 aromatic carbocycles. The van der Waals surface area contributed by atoms with Crippen LogP contribution in [0, 0.1) is 12.7 Å². The second-order valence-electron chi connectivity index (χ2n) is 9.03. The summed E-state index contributed by atoms with van der Waals surface area (Å²) in [6.45, 7) is 1.61. The van der Waals surface area contributed by atoms with E-state index in [1.54, 1.807) is 42.5 Å². The van der Waals surface area contributed by atoms with Crippen LogP contribution in [0.1, 0.15) is 40.6 Å². The van der Waals surface area contributed by atoms with Gasteiger partial charge in [-0.05, 0) is 66.1 Å². The van der Waals surface area contributed by atoms with Gasteiger partial charge in [-0.1, -0.05) is 35.3 Å². The maximum absolute atomic E-state index is 14.5. The lowest BCUT2D eigenvalue weighted by atomic mass is 9.59. The zero-order chi connectivity index (χ0) is 25.6. The van der Waals surface area contributed by atoms with Crippen LogP contribution in [0.2, 0.25) is 10.0 Å². The number of piperidine rings is 1. The Morgan fingerprint density at radius 3 is 2.58 bits per heavy atom. The Balaban J connectivity index is 1.82. The molecule has 2 heterocycles. The van der Waals surface area contributed by atoms with Crippen LogP contribution in [0.3, 0.4) is 0 Å². The van der Waals surface area contributed by atoms with Gasteiger partial charge in [0.25, 0.3) is 0 Å². The van der Waals surface area contributed by atoms with Crippen molar-refractivity contribution in [3.05, 3.63) is 92.7 Å². The zero-order valence-electron chi connectivity index (χ0n) is 19.3. The number of ether oxygens (including phenoxy) is 1. The molecule has 3 atom stereocenters. The summed E-state index contributed by atoms with van der Waals surface area (Å²) in [6.07, 6.45) is -0.0455. The van der Waals surface area contributed by atoms with E-state index < -0.39 is 23.2 Å². The maximum atomic E-state index is 14.5. The number of carbonyl (C=O) groups is 2. The molecule has 0 bridgehead atoms. The molecule has 36 heavy (non-hydrogen) atoms. The van der Waals surface area contributed by atoms with E-state index in [1.807, 2.05) is 6.92 Å². The molecule has 0 radical (unpaired) electrons. The van der Waals surface area contributed by atoms with Crippen molar-refractivity contribution in [2.45, 2.75) is 30.7 Å². The van der Waals surface area contributed by atoms with Crippen LogP contribution in [-0.2, 0) is 15.0 Å². The Morgan fingerprint density at radius 2 is 1.81 bits per heavy atom. The first-order chi connectivity index (χ1) is 17.2. The quantitative estimate of drug-likeness (QED) is 0.432. The summed E-state index contributed by atoms with van der Waals surface area (Å²) < 4.78 is 20.3. The van der Waals surface area contributed by atoms with Gasteiger partial charge in [-0.15, -0.1) is 0 Å². The van der Waals surface area contributed by atoms with Gasteiger partial charge in [0.15, 0.2) is 0 Å². The molecule has 1 spiro atoms. The van der Waals surface area contributed by atoms with Gasteiger partial charge in [-0.25, -0.2) is 4.39 Å². The fraction of sp³-hybridized carbons (Fsp3) is 0.259. The molecule has 9 heteroatoms. The largest absolute Gasteiger partial charge is 0.491 e. The van der Waals surface area contributed by atoms with Crippen LogP contribution < -0.4 is 15.4 Å². The van der Waals surface area contributed by atoms with E-state index in [1.165, 1.54) is 12.1 Å². The number of amides is 2. The Labute approximate surface area is 217 Å². The molecular formula is C27H23Cl2FN2O4. The third-order valence-electron chi connectivity index (χ3n) is 7.00. The Hall–Kier alpha value is -3.13. The summed E-state index contributed by atoms with van der Waals surface area (Å²) in [5.74, 6) is -1.47. The molecule has 1 fully saturated rings. The Kier molecular flexibility index (Phi) is 6.41. The number of nitrogens with one attached hydrogen (secondary N) is 2. The standard InChI is InChI=1S/C27H23Cl2FN2O4/c1-14-2-5-17(30)12-18(14)25-27(20-6-3-16(29)11-22(20)31-26(27)35)21(13-24(34)32-25)19-10-15(28)4-7-23(19)36-9-8-33/h2-7,10-12,21,25,33H,8-9,13H2,1H3,(H,31,35)(H,32,34). The van der Waals surface area contributed by atoms with Gasteiger partial charge in [0.1, 0.15) is 23.6 Å². The van der Waals surface area contributed by atoms with Gasteiger partial charge >= 0.3 is 0 Å². The molecule has 0 aliphatic carbocycles. The molecular weight excluding hydrogens is 506 g/mol. The van der Waals surface area contributed by atoms with Crippen LogP contribution in [-0.4, -0.2) is 30.1 Å². The molecule has 3 N–H and O–H groups in total. The van der Waals surface area contributed by atoms with Crippen molar-refractivity contribution in [3.63, 3.8) is 0 Å². The van der Waals surface area contributed by atoms with Crippen LogP contribution in [0.5, 0.6) is 5.75 Å². The zero-order valence-corrected chi connectivity index (χ0v) is 20.8. The van der Waals surface area contributed by atoms with Crippen LogP contribution >= 0.6 is 23.2 Å². The number of aryl methyl sites for hydroxylation is 1. The van der Waals surface area contributed by atoms with E-state index in [0.29, 0.717) is 38.2 Å². The highest BCUT2D eigenvalue weighted by atomic mass is 35.5. The molecule has 0 aromatic heterocycles. The number of rotatable bonds is 5. The van der Waals surface area contributed by atoms with Crippen LogP contribution in [0.25, 0.3) is 0 Å². The number of carbonyl (C=O) groups excluding carboxylic acids is 2. The first-order valence-electron chi connectivity index (χ1n) is 11.5. The van der Waals surface area contributed by atoms with Crippen molar-refractivity contribution in [1.29, 1.82) is 0 Å². The van der Waals surface area contributed by atoms with Gasteiger partial charge in [0.2, 0.25) is 11.8 Å². The summed E-state index contributed by atoms with van der Waals surface area (Å²) in [5.41, 5.74) is 1.54. The van der Waals surface area contributed by atoms with Gasteiger partial charge in [-0.3, -0.25) is 9.59 Å². The van der Waals surface area contributed by atoms with E-state index in [4.69, 9.17) is 27.9 Å². The SMILES string of the molecule is Cc1ccc(F)cc1C1NC(=O)CC(c2cc(Cl)ccc2OCCO)C12C(=O)Nc1cc(Cl)ccc12. The molecule has 2 aliphatic rings. The summed E-state index contributed by atoms with van der Waals surface area (Å²) in [7, 11) is 0. The monoisotopic (exact) mass is 528 g/mol. The molecule has 0 saturated carbocycles. The maximum Gasteiger partial charge on any atom is 0.238 e. The first kappa shape index (κ1) is 24.6. The lowest BCUT2D eigenvalue weighted by Gasteiger charge is -2.47. The fourth-order valence-corrected chi connectivity index (χ4v) is 5.87.